The average Bonchev–Trinajstić information content (AvgIpc) is 2.42. The topological polar surface area (TPSA) is 71.4 Å². The van der Waals surface area contributed by atoms with Crippen LogP contribution in [0, 0.1) is 0 Å². The second kappa shape index (κ2) is 8.85. The number of hydrogen-bond acceptors (Lipinski definition) is 3. The van der Waals surface area contributed by atoms with Gasteiger partial charge in [0, 0.05) is 11.4 Å². The first-order valence-corrected chi connectivity index (χ1v) is 8.80. The first-order chi connectivity index (χ1) is 9.92. The Morgan fingerprint density at radius 1 is 1.10 bits per heavy atom. The van der Waals surface area contributed by atoms with Crippen molar-refractivity contribution in [3.05, 3.63) is 41.4 Å². The van der Waals surface area contributed by atoms with Gasteiger partial charge in [0.25, 0.3) is 0 Å². The number of hydrogen-bond donors (Lipinski definition) is 1. The van der Waals surface area contributed by atoms with Crippen molar-refractivity contribution >= 4 is 27.4 Å². The monoisotopic (exact) mass is 330 g/mol. The van der Waals surface area contributed by atoms with Gasteiger partial charge in [-0.15, -0.1) is 0 Å². The van der Waals surface area contributed by atoms with E-state index in [1.165, 1.54) is 12.1 Å². The molecule has 0 atom stereocenters. The van der Waals surface area contributed by atoms with E-state index in [9.17, 15) is 13.2 Å². The lowest BCUT2D eigenvalue weighted by atomic mass is 10.2. The fourth-order valence-corrected chi connectivity index (χ4v) is 3.22. The van der Waals surface area contributed by atoms with E-state index in [0.717, 1.165) is 0 Å². The second-order valence-electron chi connectivity index (χ2n) is 4.67. The van der Waals surface area contributed by atoms with Crippen LogP contribution in [0.15, 0.2) is 41.3 Å². The standard InChI is InChI=1S/C15H19ClO4S/c16-13-8-10-14(11-9-13)21(19,20)12-6-4-2-1-3-5-7-15(17)18/h1-2,8-11H,3-7,12H2,(H,17,18). The van der Waals surface area contributed by atoms with Gasteiger partial charge in [-0.05, 0) is 49.9 Å². The molecule has 116 valence electrons. The number of carboxylic acid groups (broad SMARTS) is 1. The van der Waals surface area contributed by atoms with Crippen LogP contribution >= 0.6 is 11.6 Å². The van der Waals surface area contributed by atoms with Crippen molar-refractivity contribution in [2.24, 2.45) is 0 Å². The minimum absolute atomic E-state index is 0.0914. The van der Waals surface area contributed by atoms with Crippen molar-refractivity contribution in [1.82, 2.24) is 0 Å². The highest BCUT2D eigenvalue weighted by molar-refractivity contribution is 7.91. The number of benzene rings is 1. The minimum atomic E-state index is -3.26. The average molecular weight is 331 g/mol. The van der Waals surface area contributed by atoms with Gasteiger partial charge in [-0.2, -0.15) is 0 Å². The maximum atomic E-state index is 12.0. The molecule has 0 saturated carbocycles. The molecule has 0 spiro atoms. The summed E-state index contributed by atoms with van der Waals surface area (Å²) in [5, 5.41) is 8.98. The van der Waals surface area contributed by atoms with Crippen LogP contribution in [0.2, 0.25) is 5.02 Å². The number of unbranched alkanes of at least 4 members (excludes halogenated alkanes) is 2. The van der Waals surface area contributed by atoms with E-state index in [1.807, 2.05) is 12.2 Å². The molecule has 6 heteroatoms. The van der Waals surface area contributed by atoms with Gasteiger partial charge in [0.05, 0.1) is 10.6 Å². The van der Waals surface area contributed by atoms with Crippen molar-refractivity contribution < 1.29 is 18.3 Å². The molecule has 0 amide bonds. The second-order valence-corrected chi connectivity index (χ2v) is 7.22. The van der Waals surface area contributed by atoms with Crippen molar-refractivity contribution in [1.29, 1.82) is 0 Å². The van der Waals surface area contributed by atoms with E-state index < -0.39 is 15.8 Å². The largest absolute Gasteiger partial charge is 0.481 e. The van der Waals surface area contributed by atoms with Crippen LogP contribution in [0.4, 0.5) is 0 Å². The molecule has 0 aromatic heterocycles. The third-order valence-electron chi connectivity index (χ3n) is 2.88. The van der Waals surface area contributed by atoms with E-state index in [-0.39, 0.29) is 17.1 Å². The molecule has 0 aliphatic rings. The summed E-state index contributed by atoms with van der Waals surface area (Å²) < 4.78 is 24.0. The Balaban J connectivity index is 2.30. The molecule has 1 N–H and O–H groups in total. The maximum absolute atomic E-state index is 12.0. The van der Waals surface area contributed by atoms with Crippen molar-refractivity contribution in [2.75, 3.05) is 5.75 Å². The van der Waals surface area contributed by atoms with Crippen LogP contribution in [0.1, 0.15) is 32.1 Å². The number of allylic oxidation sites excluding steroid dienone is 2. The Morgan fingerprint density at radius 3 is 2.24 bits per heavy atom. The first kappa shape index (κ1) is 17.7. The molecule has 1 rings (SSSR count). The van der Waals surface area contributed by atoms with Crippen LogP contribution in [0.3, 0.4) is 0 Å². The molecule has 0 aliphatic carbocycles. The van der Waals surface area contributed by atoms with Crippen molar-refractivity contribution in [2.45, 2.75) is 37.0 Å². The first-order valence-electron chi connectivity index (χ1n) is 6.77. The van der Waals surface area contributed by atoms with Crippen LogP contribution in [0.5, 0.6) is 0 Å². The van der Waals surface area contributed by atoms with Gasteiger partial charge in [0.2, 0.25) is 0 Å². The van der Waals surface area contributed by atoms with Gasteiger partial charge in [0.15, 0.2) is 9.84 Å². The Labute approximate surface area is 130 Å². The summed E-state index contributed by atoms with van der Waals surface area (Å²) >= 11 is 5.73. The Bertz CT molecular complexity index is 576. The molecule has 0 heterocycles. The van der Waals surface area contributed by atoms with Crippen molar-refractivity contribution in [3.8, 4) is 0 Å². The molecule has 0 aliphatic heterocycles. The Kier molecular flexibility index (Phi) is 7.47. The number of carbonyl (C=O) groups is 1. The number of sulfone groups is 1. The summed E-state index contributed by atoms with van der Waals surface area (Å²) in [5.41, 5.74) is 0. The van der Waals surface area contributed by atoms with Gasteiger partial charge in [-0.3, -0.25) is 4.79 Å². The van der Waals surface area contributed by atoms with Crippen LogP contribution < -0.4 is 0 Å². The molecule has 1 aromatic rings. The van der Waals surface area contributed by atoms with E-state index in [0.29, 0.717) is 30.7 Å². The van der Waals surface area contributed by atoms with Gasteiger partial charge in [-0.25, -0.2) is 8.42 Å². The number of carboxylic acids is 1. The third kappa shape index (κ3) is 7.29. The molecule has 0 radical (unpaired) electrons. The van der Waals surface area contributed by atoms with E-state index in [2.05, 4.69) is 0 Å². The van der Waals surface area contributed by atoms with Gasteiger partial charge in [0.1, 0.15) is 0 Å². The molecule has 0 saturated heterocycles. The van der Waals surface area contributed by atoms with E-state index in [1.54, 1.807) is 12.1 Å². The zero-order valence-electron chi connectivity index (χ0n) is 11.7. The van der Waals surface area contributed by atoms with Gasteiger partial charge in [-0.1, -0.05) is 23.8 Å². The fraction of sp³-hybridized carbons (Fsp3) is 0.400. The Hall–Kier alpha value is -1.33. The smallest absolute Gasteiger partial charge is 0.303 e. The molecular weight excluding hydrogens is 312 g/mol. The van der Waals surface area contributed by atoms with Gasteiger partial charge >= 0.3 is 5.97 Å². The van der Waals surface area contributed by atoms with Gasteiger partial charge < -0.3 is 5.11 Å². The highest BCUT2D eigenvalue weighted by Gasteiger charge is 2.12. The fourth-order valence-electron chi connectivity index (χ4n) is 1.76. The zero-order chi connectivity index (χ0) is 15.7. The summed E-state index contributed by atoms with van der Waals surface area (Å²) in [7, 11) is -3.26. The number of halogens is 1. The Morgan fingerprint density at radius 2 is 1.67 bits per heavy atom. The molecule has 0 fully saturated rings. The molecule has 1 aromatic carbocycles. The van der Waals surface area contributed by atoms with Crippen LogP contribution in [-0.4, -0.2) is 25.2 Å². The van der Waals surface area contributed by atoms with Crippen LogP contribution in [0.25, 0.3) is 0 Å². The lowest BCUT2D eigenvalue weighted by Gasteiger charge is -2.03. The molecule has 0 bridgehead atoms. The minimum Gasteiger partial charge on any atom is -0.481 e. The number of aliphatic carboxylic acids is 1. The summed E-state index contributed by atoms with van der Waals surface area (Å²) in [5.74, 6) is -0.703. The predicted octanol–water partition coefficient (Wildman–Crippen LogP) is 3.71. The number of rotatable bonds is 9. The quantitative estimate of drug-likeness (QED) is 0.553. The highest BCUT2D eigenvalue weighted by atomic mass is 35.5. The normalized spacial score (nSPS) is 11.9. The van der Waals surface area contributed by atoms with Crippen molar-refractivity contribution in [3.63, 3.8) is 0 Å². The third-order valence-corrected chi connectivity index (χ3v) is 4.95. The lowest BCUT2D eigenvalue weighted by Crippen LogP contribution is -2.06. The molecular formula is C15H19ClO4S. The molecule has 0 unspecified atom stereocenters. The predicted molar refractivity (Wildman–Crippen MR) is 83.4 cm³/mol. The summed E-state index contributed by atoms with van der Waals surface area (Å²) in [6.07, 6.45) is 6.48. The highest BCUT2D eigenvalue weighted by Crippen LogP contribution is 2.16. The summed E-state index contributed by atoms with van der Waals surface area (Å²) in [4.78, 5) is 10.6. The maximum Gasteiger partial charge on any atom is 0.303 e. The van der Waals surface area contributed by atoms with E-state index >= 15 is 0 Å². The summed E-state index contributed by atoms with van der Waals surface area (Å²) in [6, 6.07) is 6.16. The molecule has 21 heavy (non-hydrogen) atoms. The van der Waals surface area contributed by atoms with Crippen LogP contribution in [-0.2, 0) is 14.6 Å². The lowest BCUT2D eigenvalue weighted by molar-refractivity contribution is -0.137. The summed E-state index contributed by atoms with van der Waals surface area (Å²) in [6.45, 7) is 0. The zero-order valence-corrected chi connectivity index (χ0v) is 13.2. The van der Waals surface area contributed by atoms with E-state index in [4.69, 9.17) is 16.7 Å². The molecule has 4 nitrogen and oxygen atoms in total. The SMILES string of the molecule is O=C(O)CCCC=CCCCS(=O)(=O)c1ccc(Cl)cc1.